The zero-order valence-electron chi connectivity index (χ0n) is 8.84. The molecule has 1 unspecified atom stereocenters. The Morgan fingerprint density at radius 2 is 2.25 bits per heavy atom. The Morgan fingerprint density at radius 3 is 2.75 bits per heavy atom. The third-order valence-corrected chi connectivity index (χ3v) is 4.09. The minimum atomic E-state index is -3.90. The predicted octanol–water partition coefficient (Wildman–Crippen LogP) is -1.39. The van der Waals surface area contributed by atoms with Crippen LogP contribution in [0.5, 0.6) is 0 Å². The summed E-state index contributed by atoms with van der Waals surface area (Å²) in [6, 6.07) is -0.793. The minimum Gasteiger partial charge on any atom is -0.480 e. The Labute approximate surface area is 93.5 Å². The van der Waals surface area contributed by atoms with Crippen LogP contribution in [0.3, 0.4) is 0 Å². The van der Waals surface area contributed by atoms with Gasteiger partial charge in [0, 0.05) is 13.1 Å². The number of hydrogen-bond acceptors (Lipinski definition) is 4. The van der Waals surface area contributed by atoms with Gasteiger partial charge in [0.25, 0.3) is 0 Å². The van der Waals surface area contributed by atoms with E-state index < -0.39 is 27.8 Å². The van der Waals surface area contributed by atoms with Gasteiger partial charge >= 0.3 is 5.97 Å². The van der Waals surface area contributed by atoms with E-state index in [4.69, 9.17) is 5.11 Å². The number of hydrogen-bond donors (Lipinski definition) is 2. The number of rotatable bonds is 4. The Morgan fingerprint density at radius 1 is 1.62 bits per heavy atom. The fraction of sp³-hybridized carbons (Fsp3) is 0.750. The van der Waals surface area contributed by atoms with E-state index in [1.165, 1.54) is 0 Å². The van der Waals surface area contributed by atoms with Crippen molar-refractivity contribution < 1.29 is 23.1 Å². The second-order valence-electron chi connectivity index (χ2n) is 3.48. The topological polar surface area (TPSA) is 104 Å². The molecule has 1 atom stereocenters. The van der Waals surface area contributed by atoms with E-state index in [-0.39, 0.29) is 19.0 Å². The number of sulfonamides is 1. The summed E-state index contributed by atoms with van der Waals surface area (Å²) in [6.45, 7) is 2.02. The molecule has 1 saturated heterocycles. The van der Waals surface area contributed by atoms with Crippen molar-refractivity contribution in [2.45, 2.75) is 19.4 Å². The Kier molecular flexibility index (Phi) is 3.87. The highest BCUT2D eigenvalue weighted by Gasteiger charge is 2.37. The maximum Gasteiger partial charge on any atom is 0.320 e. The summed E-state index contributed by atoms with van der Waals surface area (Å²) in [5, 5.41) is 11.0. The van der Waals surface area contributed by atoms with Crippen LogP contribution in [0.15, 0.2) is 0 Å². The van der Waals surface area contributed by atoms with E-state index in [9.17, 15) is 18.0 Å². The van der Waals surface area contributed by atoms with Crippen LogP contribution < -0.4 is 5.32 Å². The van der Waals surface area contributed by atoms with Gasteiger partial charge < -0.3 is 10.4 Å². The van der Waals surface area contributed by atoms with Crippen LogP contribution >= 0.6 is 0 Å². The average molecular weight is 250 g/mol. The fourth-order valence-corrected chi connectivity index (χ4v) is 3.13. The number of carbonyl (C=O) groups is 2. The molecule has 16 heavy (non-hydrogen) atoms. The van der Waals surface area contributed by atoms with E-state index in [0.29, 0.717) is 6.42 Å². The summed E-state index contributed by atoms with van der Waals surface area (Å²) in [5.41, 5.74) is 0. The van der Waals surface area contributed by atoms with Gasteiger partial charge in [-0.2, -0.15) is 4.31 Å². The van der Waals surface area contributed by atoms with Crippen LogP contribution in [-0.4, -0.2) is 54.6 Å². The molecule has 0 bridgehead atoms. The van der Waals surface area contributed by atoms with Crippen LogP contribution in [0.1, 0.15) is 13.3 Å². The lowest BCUT2D eigenvalue weighted by molar-refractivity contribution is -0.134. The average Bonchev–Trinajstić information content (AvgIpc) is 2.15. The second kappa shape index (κ2) is 4.79. The molecule has 0 aromatic heterocycles. The highest BCUT2D eigenvalue weighted by atomic mass is 32.2. The number of aliphatic carboxylic acids is 1. The molecule has 8 heteroatoms. The molecule has 0 aliphatic carbocycles. The monoisotopic (exact) mass is 250 g/mol. The van der Waals surface area contributed by atoms with Crippen LogP contribution in [0, 0.1) is 0 Å². The molecule has 1 amide bonds. The number of carboxylic acids is 1. The molecule has 0 radical (unpaired) electrons. The lowest BCUT2D eigenvalue weighted by Gasteiger charge is -2.32. The third kappa shape index (κ3) is 2.70. The van der Waals surface area contributed by atoms with E-state index in [2.05, 4.69) is 5.32 Å². The number of carboxylic acid groups (broad SMARTS) is 1. The molecule has 0 aromatic rings. The van der Waals surface area contributed by atoms with E-state index in [0.717, 1.165) is 4.31 Å². The molecule has 0 spiro atoms. The summed E-state index contributed by atoms with van der Waals surface area (Å²) in [4.78, 5) is 21.8. The van der Waals surface area contributed by atoms with Gasteiger partial charge in [0.15, 0.2) is 5.75 Å². The number of nitrogens with one attached hydrogen (secondary N) is 1. The highest BCUT2D eigenvalue weighted by Crippen LogP contribution is 2.14. The van der Waals surface area contributed by atoms with Crippen molar-refractivity contribution in [2.75, 3.05) is 18.8 Å². The Hall–Kier alpha value is -1.15. The van der Waals surface area contributed by atoms with Crippen LogP contribution in [0.25, 0.3) is 0 Å². The van der Waals surface area contributed by atoms with E-state index in [1.54, 1.807) is 6.92 Å². The lowest BCUT2D eigenvalue weighted by Crippen LogP contribution is -2.57. The molecule has 7 nitrogen and oxygen atoms in total. The van der Waals surface area contributed by atoms with Crippen LogP contribution in [0.4, 0.5) is 0 Å². The van der Waals surface area contributed by atoms with Crippen molar-refractivity contribution in [3.05, 3.63) is 0 Å². The maximum atomic E-state index is 11.7. The molecule has 1 rings (SSSR count). The number of piperazine rings is 1. The molecule has 0 aromatic carbocycles. The van der Waals surface area contributed by atoms with Crippen molar-refractivity contribution in [3.8, 4) is 0 Å². The molecule has 2 N–H and O–H groups in total. The number of amides is 1. The standard InChI is InChI=1S/C8H14N2O5S/c1-2-6-8(13)9-3-4-10(6)16(14,15)5-7(11)12/h6H,2-5H2,1H3,(H,9,13)(H,11,12). The molecule has 1 fully saturated rings. The van der Waals surface area contributed by atoms with Gasteiger partial charge in [-0.1, -0.05) is 6.92 Å². The van der Waals surface area contributed by atoms with Gasteiger partial charge in [-0.3, -0.25) is 9.59 Å². The van der Waals surface area contributed by atoms with Gasteiger partial charge in [-0.05, 0) is 6.42 Å². The summed E-state index contributed by atoms with van der Waals surface area (Å²) in [7, 11) is -3.90. The van der Waals surface area contributed by atoms with Gasteiger partial charge in [-0.25, -0.2) is 8.42 Å². The van der Waals surface area contributed by atoms with Gasteiger partial charge in [0.05, 0.1) is 0 Å². The van der Waals surface area contributed by atoms with Crippen LogP contribution in [-0.2, 0) is 19.6 Å². The summed E-state index contributed by atoms with van der Waals surface area (Å²) in [5.74, 6) is -2.76. The smallest absolute Gasteiger partial charge is 0.320 e. The normalized spacial score (nSPS) is 22.8. The third-order valence-electron chi connectivity index (χ3n) is 2.33. The zero-order chi connectivity index (χ0) is 12.3. The fourth-order valence-electron chi connectivity index (χ4n) is 1.65. The molecule has 1 aliphatic rings. The summed E-state index contributed by atoms with van der Waals surface area (Å²) in [6.07, 6.45) is 0.324. The lowest BCUT2D eigenvalue weighted by atomic mass is 10.2. The Balaban J connectivity index is 2.92. The Bertz CT molecular complexity index is 391. The molecular formula is C8H14N2O5S. The first-order valence-electron chi connectivity index (χ1n) is 4.87. The van der Waals surface area contributed by atoms with Gasteiger partial charge in [0.2, 0.25) is 15.9 Å². The first kappa shape index (κ1) is 12.9. The zero-order valence-corrected chi connectivity index (χ0v) is 9.66. The van der Waals surface area contributed by atoms with Crippen molar-refractivity contribution >= 4 is 21.9 Å². The van der Waals surface area contributed by atoms with Crippen molar-refractivity contribution in [2.24, 2.45) is 0 Å². The minimum absolute atomic E-state index is 0.125. The van der Waals surface area contributed by atoms with Crippen molar-refractivity contribution in [1.29, 1.82) is 0 Å². The SMILES string of the molecule is CCC1C(=O)NCCN1S(=O)(=O)CC(=O)O. The van der Waals surface area contributed by atoms with E-state index >= 15 is 0 Å². The van der Waals surface area contributed by atoms with Crippen molar-refractivity contribution in [3.63, 3.8) is 0 Å². The van der Waals surface area contributed by atoms with Crippen molar-refractivity contribution in [1.82, 2.24) is 9.62 Å². The molecule has 1 heterocycles. The molecule has 92 valence electrons. The molecular weight excluding hydrogens is 236 g/mol. The largest absolute Gasteiger partial charge is 0.480 e. The second-order valence-corrected chi connectivity index (χ2v) is 5.40. The van der Waals surface area contributed by atoms with Gasteiger partial charge in [0.1, 0.15) is 6.04 Å². The maximum absolute atomic E-state index is 11.7. The van der Waals surface area contributed by atoms with Gasteiger partial charge in [-0.15, -0.1) is 0 Å². The first-order chi connectivity index (χ1) is 7.38. The quantitative estimate of drug-likeness (QED) is 0.639. The summed E-state index contributed by atoms with van der Waals surface area (Å²) < 4.78 is 24.3. The highest BCUT2D eigenvalue weighted by molar-refractivity contribution is 7.89. The van der Waals surface area contributed by atoms with E-state index in [1.807, 2.05) is 0 Å². The number of carbonyl (C=O) groups excluding carboxylic acids is 1. The predicted molar refractivity (Wildman–Crippen MR) is 55.2 cm³/mol. The first-order valence-corrected chi connectivity index (χ1v) is 6.48. The molecule has 0 saturated carbocycles. The van der Waals surface area contributed by atoms with Crippen LogP contribution in [0.2, 0.25) is 0 Å². The molecule has 1 aliphatic heterocycles. The number of nitrogens with zero attached hydrogens (tertiary/aromatic N) is 1. The summed E-state index contributed by atoms with van der Waals surface area (Å²) >= 11 is 0.